The van der Waals surface area contributed by atoms with E-state index < -0.39 is 17.7 Å². The highest BCUT2D eigenvalue weighted by Gasteiger charge is 2.31. The molecular weight excluding hydrogens is 254 g/mol. The normalized spacial score (nSPS) is 12.9. The second-order valence-corrected chi connectivity index (χ2v) is 5.97. The molecule has 0 heterocycles. The van der Waals surface area contributed by atoms with Crippen molar-refractivity contribution in [3.05, 3.63) is 35.9 Å². The number of nitrogens with zero attached hydrogens (tertiary/aromatic N) is 1. The fourth-order valence-electron chi connectivity index (χ4n) is 1.92. The van der Waals surface area contributed by atoms with Gasteiger partial charge in [-0.25, -0.2) is 4.79 Å². The Balaban J connectivity index is 3.05. The van der Waals surface area contributed by atoms with Crippen molar-refractivity contribution in [1.29, 1.82) is 0 Å². The standard InChI is InChI=1S/C16H23NO3/c1-12(2)17(15(19)20-16(3,4)5)14(11-18)13-9-7-6-8-10-13/h6-12,14H,1-5H3. The summed E-state index contributed by atoms with van der Waals surface area (Å²) in [5, 5.41) is 0. The number of ether oxygens (including phenoxy) is 1. The second kappa shape index (κ2) is 6.55. The topological polar surface area (TPSA) is 46.6 Å². The maximum Gasteiger partial charge on any atom is 0.411 e. The van der Waals surface area contributed by atoms with E-state index in [4.69, 9.17) is 4.74 Å². The number of hydrogen-bond donors (Lipinski definition) is 0. The Morgan fingerprint density at radius 3 is 2.15 bits per heavy atom. The first-order valence-electron chi connectivity index (χ1n) is 6.78. The van der Waals surface area contributed by atoms with E-state index in [0.717, 1.165) is 11.8 Å². The number of aldehydes is 1. The minimum absolute atomic E-state index is 0.139. The predicted octanol–water partition coefficient (Wildman–Crippen LogP) is 3.57. The highest BCUT2D eigenvalue weighted by molar-refractivity contribution is 5.75. The van der Waals surface area contributed by atoms with Gasteiger partial charge >= 0.3 is 6.09 Å². The Labute approximate surface area is 120 Å². The van der Waals surface area contributed by atoms with Crippen molar-refractivity contribution >= 4 is 12.4 Å². The van der Waals surface area contributed by atoms with Crippen molar-refractivity contribution in [2.45, 2.75) is 52.3 Å². The molecule has 0 aliphatic rings. The summed E-state index contributed by atoms with van der Waals surface area (Å²) in [6.45, 7) is 9.15. The maximum absolute atomic E-state index is 12.3. The molecule has 1 atom stereocenters. The lowest BCUT2D eigenvalue weighted by atomic mass is 10.1. The number of amides is 1. The molecule has 1 rings (SSSR count). The number of rotatable bonds is 4. The smallest absolute Gasteiger partial charge is 0.411 e. The van der Waals surface area contributed by atoms with Gasteiger partial charge in [-0.1, -0.05) is 30.3 Å². The lowest BCUT2D eigenvalue weighted by Gasteiger charge is -2.34. The summed E-state index contributed by atoms with van der Waals surface area (Å²) in [6.07, 6.45) is 0.299. The van der Waals surface area contributed by atoms with Crippen LogP contribution in [-0.2, 0) is 9.53 Å². The largest absolute Gasteiger partial charge is 0.444 e. The fraction of sp³-hybridized carbons (Fsp3) is 0.500. The third kappa shape index (κ3) is 4.37. The molecule has 0 fully saturated rings. The molecule has 0 aromatic heterocycles. The third-order valence-electron chi connectivity index (χ3n) is 2.73. The van der Waals surface area contributed by atoms with Crippen LogP contribution in [0.25, 0.3) is 0 Å². The number of carbonyl (C=O) groups excluding carboxylic acids is 2. The fourth-order valence-corrected chi connectivity index (χ4v) is 1.92. The Kier molecular flexibility index (Phi) is 5.31. The van der Waals surface area contributed by atoms with E-state index >= 15 is 0 Å². The summed E-state index contributed by atoms with van der Waals surface area (Å²) in [7, 11) is 0. The van der Waals surface area contributed by atoms with Crippen LogP contribution in [0.1, 0.15) is 46.2 Å². The second-order valence-electron chi connectivity index (χ2n) is 5.97. The minimum Gasteiger partial charge on any atom is -0.444 e. The summed E-state index contributed by atoms with van der Waals surface area (Å²) < 4.78 is 5.39. The zero-order valence-electron chi connectivity index (χ0n) is 12.8. The average Bonchev–Trinajstić information content (AvgIpc) is 2.33. The molecule has 0 radical (unpaired) electrons. The van der Waals surface area contributed by atoms with Gasteiger partial charge in [0.2, 0.25) is 0 Å². The molecular formula is C16H23NO3. The van der Waals surface area contributed by atoms with Crippen LogP contribution in [0.15, 0.2) is 30.3 Å². The third-order valence-corrected chi connectivity index (χ3v) is 2.73. The van der Waals surface area contributed by atoms with Gasteiger partial charge in [-0.2, -0.15) is 0 Å². The number of carbonyl (C=O) groups is 2. The van der Waals surface area contributed by atoms with Gasteiger partial charge in [-0.15, -0.1) is 0 Å². The Hall–Kier alpha value is -1.84. The summed E-state index contributed by atoms with van der Waals surface area (Å²) in [6, 6.07) is 8.46. The van der Waals surface area contributed by atoms with Crippen LogP contribution in [0.4, 0.5) is 4.79 Å². The van der Waals surface area contributed by atoms with Crippen LogP contribution in [0.5, 0.6) is 0 Å². The highest BCUT2D eigenvalue weighted by Crippen LogP contribution is 2.23. The molecule has 0 saturated heterocycles. The van der Waals surface area contributed by atoms with E-state index in [1.807, 2.05) is 65.0 Å². The lowest BCUT2D eigenvalue weighted by molar-refractivity contribution is -0.113. The van der Waals surface area contributed by atoms with Gasteiger partial charge in [0.1, 0.15) is 17.9 Å². The van der Waals surface area contributed by atoms with E-state index in [9.17, 15) is 9.59 Å². The molecule has 0 bridgehead atoms. The van der Waals surface area contributed by atoms with Crippen LogP contribution in [0, 0.1) is 0 Å². The van der Waals surface area contributed by atoms with Gasteiger partial charge in [-0.3, -0.25) is 4.90 Å². The maximum atomic E-state index is 12.3. The van der Waals surface area contributed by atoms with Crippen molar-refractivity contribution in [2.24, 2.45) is 0 Å². The molecule has 0 spiro atoms. The van der Waals surface area contributed by atoms with E-state index in [1.54, 1.807) is 0 Å². The van der Waals surface area contributed by atoms with Gasteiger partial charge in [0.05, 0.1) is 0 Å². The minimum atomic E-state index is -0.633. The number of hydrogen-bond acceptors (Lipinski definition) is 3. The zero-order chi connectivity index (χ0) is 15.3. The molecule has 1 unspecified atom stereocenters. The molecule has 110 valence electrons. The molecule has 1 amide bonds. The van der Waals surface area contributed by atoms with Crippen LogP contribution in [0.3, 0.4) is 0 Å². The Morgan fingerprint density at radius 2 is 1.75 bits per heavy atom. The summed E-state index contributed by atoms with van der Waals surface area (Å²) in [4.78, 5) is 25.3. The monoisotopic (exact) mass is 277 g/mol. The van der Waals surface area contributed by atoms with Gasteiger partial charge in [0.15, 0.2) is 0 Å². The highest BCUT2D eigenvalue weighted by atomic mass is 16.6. The van der Waals surface area contributed by atoms with Crippen LogP contribution in [0.2, 0.25) is 0 Å². The Morgan fingerprint density at radius 1 is 1.20 bits per heavy atom. The van der Waals surface area contributed by atoms with Crippen LogP contribution >= 0.6 is 0 Å². The van der Waals surface area contributed by atoms with Crippen molar-refractivity contribution in [1.82, 2.24) is 4.90 Å². The molecule has 0 saturated carbocycles. The van der Waals surface area contributed by atoms with E-state index in [-0.39, 0.29) is 6.04 Å². The summed E-state index contributed by atoms with van der Waals surface area (Å²) in [5.41, 5.74) is 0.191. The van der Waals surface area contributed by atoms with Gasteiger partial charge in [0, 0.05) is 6.04 Å². The first kappa shape index (κ1) is 16.2. The lowest BCUT2D eigenvalue weighted by Crippen LogP contribution is -2.43. The molecule has 20 heavy (non-hydrogen) atoms. The van der Waals surface area contributed by atoms with Gasteiger partial charge in [0.25, 0.3) is 0 Å². The van der Waals surface area contributed by atoms with Gasteiger partial charge < -0.3 is 9.53 Å². The average molecular weight is 277 g/mol. The van der Waals surface area contributed by atoms with Crippen molar-refractivity contribution in [3.63, 3.8) is 0 Å². The predicted molar refractivity (Wildman–Crippen MR) is 78.5 cm³/mol. The molecule has 1 aromatic carbocycles. The molecule has 0 aliphatic carbocycles. The van der Waals surface area contributed by atoms with E-state index in [2.05, 4.69) is 0 Å². The summed E-state index contributed by atoms with van der Waals surface area (Å²) >= 11 is 0. The van der Waals surface area contributed by atoms with Crippen molar-refractivity contribution in [3.8, 4) is 0 Å². The molecule has 1 aromatic rings. The first-order chi connectivity index (χ1) is 9.26. The molecule has 0 N–H and O–H groups in total. The van der Waals surface area contributed by atoms with E-state index in [1.165, 1.54) is 4.90 Å². The molecule has 4 heteroatoms. The zero-order valence-corrected chi connectivity index (χ0v) is 12.8. The quantitative estimate of drug-likeness (QED) is 0.790. The molecule has 4 nitrogen and oxygen atoms in total. The summed E-state index contributed by atoms with van der Waals surface area (Å²) in [5.74, 6) is 0. The van der Waals surface area contributed by atoms with Crippen molar-refractivity contribution in [2.75, 3.05) is 0 Å². The molecule has 0 aliphatic heterocycles. The van der Waals surface area contributed by atoms with Crippen molar-refractivity contribution < 1.29 is 14.3 Å². The van der Waals surface area contributed by atoms with Crippen LogP contribution in [-0.4, -0.2) is 28.9 Å². The van der Waals surface area contributed by atoms with Gasteiger partial charge in [-0.05, 0) is 40.2 Å². The first-order valence-corrected chi connectivity index (χ1v) is 6.78. The van der Waals surface area contributed by atoms with E-state index in [0.29, 0.717) is 0 Å². The van der Waals surface area contributed by atoms with Crippen LogP contribution < -0.4 is 0 Å². The Bertz CT molecular complexity index is 449. The number of benzene rings is 1. The SMILES string of the molecule is CC(C)N(C(=O)OC(C)(C)C)C(C=O)c1ccccc1.